The third-order valence-electron chi connectivity index (χ3n) is 14.4. The van der Waals surface area contributed by atoms with Gasteiger partial charge < -0.3 is 53.9 Å². The zero-order valence-corrected chi connectivity index (χ0v) is 52.2. The normalized spacial score (nSPS) is 14.3. The molecule has 2 N–H and O–H groups in total. The van der Waals surface area contributed by atoms with E-state index in [1.807, 2.05) is 7.05 Å². The van der Waals surface area contributed by atoms with Crippen LogP contribution in [0.25, 0.3) is 0 Å². The number of rotatable bonds is 24. The number of carbonyl (C=O) groups is 2. The highest BCUT2D eigenvalue weighted by Crippen LogP contribution is 2.30. The van der Waals surface area contributed by atoms with Crippen molar-refractivity contribution in [3.05, 3.63) is 106 Å². The number of carbonyl (C=O) groups excluding carboxylic acids is 1. The molecule has 4 aromatic rings. The van der Waals surface area contributed by atoms with Gasteiger partial charge in [0.15, 0.2) is 0 Å². The Hall–Kier alpha value is -5.07. The fraction of sp³-hybridized carbons (Fsp3) is 0.552. The lowest BCUT2D eigenvalue weighted by Gasteiger charge is -2.36. The molecule has 0 aliphatic carbocycles. The van der Waals surface area contributed by atoms with Gasteiger partial charge in [-0.05, 0) is 171 Å². The van der Waals surface area contributed by atoms with Gasteiger partial charge in [-0.1, -0.05) is 24.3 Å². The summed E-state index contributed by atoms with van der Waals surface area (Å²) in [5.41, 5.74) is 7.42. The number of likely N-dealkylation sites (N-methyl/N-ethyl adjacent to an activating group) is 3. The summed E-state index contributed by atoms with van der Waals surface area (Å²) >= 11 is 0. The second kappa shape index (κ2) is 33.1. The molecule has 0 unspecified atom stereocenters. The molecule has 2 heterocycles. The topological polar surface area (TPSA) is 194 Å². The van der Waals surface area contributed by atoms with Crippen LogP contribution in [0.5, 0.6) is 11.5 Å². The lowest BCUT2D eigenvalue weighted by molar-refractivity contribution is -0.142. The minimum Gasteiger partial charge on any atom is -0.497 e. The maximum atomic E-state index is 13.1. The van der Waals surface area contributed by atoms with Crippen LogP contribution in [0.2, 0.25) is 0 Å². The minimum absolute atomic E-state index is 0. The third-order valence-corrected chi connectivity index (χ3v) is 18.8. The number of sulfonamides is 2. The van der Waals surface area contributed by atoms with Crippen LogP contribution in [0.15, 0.2) is 82.6 Å². The molecule has 0 saturated carbocycles. The van der Waals surface area contributed by atoms with E-state index >= 15 is 0 Å². The molecule has 2 saturated heterocycles. The van der Waals surface area contributed by atoms with E-state index in [1.54, 1.807) is 71.0 Å². The number of hydrogen-bond acceptors (Lipinski definition) is 15. The first-order chi connectivity index (χ1) is 37.3. The van der Waals surface area contributed by atoms with E-state index in [-0.39, 0.29) is 61.0 Å². The van der Waals surface area contributed by atoms with Crippen molar-refractivity contribution in [2.24, 2.45) is 0 Å². The van der Waals surface area contributed by atoms with Crippen LogP contribution in [0.3, 0.4) is 0 Å². The predicted octanol–water partition coefficient (Wildman–Crippen LogP) is 6.53. The Morgan fingerprint density at radius 2 is 0.938 bits per heavy atom. The summed E-state index contributed by atoms with van der Waals surface area (Å²) in [5, 5.41) is 11.7. The van der Waals surface area contributed by atoms with E-state index in [0.29, 0.717) is 46.3 Å². The van der Waals surface area contributed by atoms with Gasteiger partial charge >= 0.3 is 5.97 Å². The Bertz CT molecular complexity index is 2730. The molecule has 6 rings (SSSR count). The Labute approximate surface area is 484 Å². The zero-order chi connectivity index (χ0) is 58.6. The molecule has 22 heteroatoms. The van der Waals surface area contributed by atoms with Crippen LogP contribution < -0.4 is 24.6 Å². The maximum absolute atomic E-state index is 13.1. The number of amides is 1. The average Bonchev–Trinajstić information content (AvgIpc) is 3.43. The van der Waals surface area contributed by atoms with Crippen molar-refractivity contribution in [1.29, 1.82) is 0 Å². The van der Waals surface area contributed by atoms with Crippen molar-refractivity contribution >= 4 is 55.7 Å². The highest BCUT2D eigenvalue weighted by Gasteiger charge is 2.28. The van der Waals surface area contributed by atoms with E-state index in [0.717, 1.165) is 48.4 Å². The number of nitrogens with one attached hydrogen (secondary N) is 1. The van der Waals surface area contributed by atoms with Gasteiger partial charge in [0.1, 0.15) is 24.7 Å². The molecular weight excluding hydrogens is 1080 g/mol. The van der Waals surface area contributed by atoms with Gasteiger partial charge in [-0.2, -0.15) is 8.61 Å². The Balaban J connectivity index is 0.000000346. The molecule has 19 nitrogen and oxygen atoms in total. The van der Waals surface area contributed by atoms with Gasteiger partial charge in [0.2, 0.25) is 26.0 Å². The van der Waals surface area contributed by atoms with E-state index in [2.05, 4.69) is 102 Å². The SMILES string of the molecule is CNCc1ccc(N2CCC(N(C)C)CC2)cc1.COc1cc(C)c(S(=O)(=O)N(C)CCOCC(=O)N(C)Cc2ccc(N3CCC(N(C)C)CC3)cc2)c(C)c1.COc1cc(C)c(S(=O)(=O)N(C)CCOCC(=O)O)c(C)c1.Cl. The number of piperidine rings is 2. The van der Waals surface area contributed by atoms with Gasteiger partial charge in [0.05, 0.1) is 37.2 Å². The van der Waals surface area contributed by atoms with Crippen LogP contribution in [-0.4, -0.2) is 206 Å². The fourth-order valence-electron chi connectivity index (χ4n) is 9.72. The lowest BCUT2D eigenvalue weighted by Crippen LogP contribution is -2.41. The number of nitrogens with zero attached hydrogens (tertiary/aromatic N) is 7. The van der Waals surface area contributed by atoms with Crippen LogP contribution in [0, 0.1) is 27.7 Å². The summed E-state index contributed by atoms with van der Waals surface area (Å²) in [5.74, 6) is -0.0280. The van der Waals surface area contributed by atoms with Crippen molar-refractivity contribution < 1.29 is 50.5 Å². The summed E-state index contributed by atoms with van der Waals surface area (Å²) in [6.07, 6.45) is 4.86. The third kappa shape index (κ3) is 20.4. The molecule has 2 fully saturated rings. The molecule has 448 valence electrons. The number of carboxylic acid groups (broad SMARTS) is 1. The van der Waals surface area contributed by atoms with E-state index in [4.69, 9.17) is 24.1 Å². The first kappa shape index (κ1) is 69.2. The van der Waals surface area contributed by atoms with Gasteiger partial charge in [-0.25, -0.2) is 21.6 Å². The van der Waals surface area contributed by atoms with Crippen molar-refractivity contribution in [3.8, 4) is 11.5 Å². The summed E-state index contributed by atoms with van der Waals surface area (Å²) in [6, 6.07) is 25.5. The number of aliphatic carboxylic acids is 1. The van der Waals surface area contributed by atoms with Crippen molar-refractivity contribution in [2.45, 2.75) is 88.3 Å². The second-order valence-corrected chi connectivity index (χ2v) is 24.8. The van der Waals surface area contributed by atoms with E-state index in [1.165, 1.54) is 68.4 Å². The first-order valence-electron chi connectivity index (χ1n) is 26.8. The molecule has 2 aliphatic rings. The highest BCUT2D eigenvalue weighted by molar-refractivity contribution is 7.89. The van der Waals surface area contributed by atoms with Crippen LogP contribution in [0.1, 0.15) is 59.1 Å². The Morgan fingerprint density at radius 1 is 0.588 bits per heavy atom. The smallest absolute Gasteiger partial charge is 0.329 e. The number of aryl methyl sites for hydroxylation is 4. The van der Waals surface area contributed by atoms with E-state index < -0.39 is 32.6 Å². The summed E-state index contributed by atoms with van der Waals surface area (Å²) < 4.78 is 74.7. The van der Waals surface area contributed by atoms with Gasteiger partial charge in [-0.3, -0.25) is 4.79 Å². The number of carboxylic acids is 1. The number of hydrogen-bond donors (Lipinski definition) is 2. The molecule has 0 spiro atoms. The number of ether oxygens (including phenoxy) is 4. The summed E-state index contributed by atoms with van der Waals surface area (Å²) in [6.45, 7) is 12.6. The first-order valence-corrected chi connectivity index (χ1v) is 29.7. The molecule has 0 bridgehead atoms. The quantitative estimate of drug-likeness (QED) is 0.0719. The van der Waals surface area contributed by atoms with Gasteiger partial charge in [0, 0.05) is 97.0 Å². The summed E-state index contributed by atoms with van der Waals surface area (Å²) in [4.78, 5) is 34.7. The highest BCUT2D eigenvalue weighted by atomic mass is 35.5. The molecular formula is C58H91ClN8O11S2. The largest absolute Gasteiger partial charge is 0.497 e. The molecule has 0 atom stereocenters. The van der Waals surface area contributed by atoms with Crippen molar-refractivity contribution in [3.63, 3.8) is 0 Å². The maximum Gasteiger partial charge on any atom is 0.329 e. The minimum atomic E-state index is -3.70. The lowest BCUT2D eigenvalue weighted by atomic mass is 10.0. The van der Waals surface area contributed by atoms with Crippen LogP contribution in [0.4, 0.5) is 11.4 Å². The number of benzene rings is 4. The fourth-order valence-corrected chi connectivity index (χ4v) is 12.8. The number of halogens is 1. The van der Waals surface area contributed by atoms with Gasteiger partial charge in [-0.15, -0.1) is 12.4 Å². The molecule has 1 amide bonds. The molecule has 0 aromatic heterocycles. The Kier molecular flexibility index (Phi) is 28.7. The number of methoxy groups -OCH3 is 2. The monoisotopic (exact) mass is 1170 g/mol. The Morgan fingerprint density at radius 3 is 1.26 bits per heavy atom. The van der Waals surface area contributed by atoms with Crippen LogP contribution >= 0.6 is 12.4 Å². The molecule has 4 aromatic carbocycles. The number of anilines is 2. The standard InChI is InChI=1S/C29H44N4O5S.C15H25N3.C14H21NO6S.ClH/c1-22-18-27(37-7)19-23(2)29(22)39(35,36)32(6)16-17-38-21-28(34)31(5)20-24-8-10-26(11-9-24)33-14-12-25(13-15-33)30(3)4;1-16-12-13-4-6-15(7-5-13)18-10-8-14(9-11-18)17(2)3;1-10-7-12(20-4)8-11(2)14(10)22(18,19)15(3)5-6-21-9-13(16)17;/h8-11,18-19,25H,12-17,20-21H2,1-7H3;4-7,14,16H,8-12H2,1-3H3;7-8H,5-6,9H2,1-4H3,(H,16,17);1H. The van der Waals surface area contributed by atoms with Crippen molar-refractivity contribution in [1.82, 2.24) is 28.6 Å². The summed E-state index contributed by atoms with van der Waals surface area (Å²) in [7, 11) is 11.0. The molecule has 2 aliphatic heterocycles. The average molecular weight is 1180 g/mol. The van der Waals surface area contributed by atoms with Crippen LogP contribution in [-0.2, 0) is 52.2 Å². The molecule has 0 radical (unpaired) electrons. The zero-order valence-electron chi connectivity index (χ0n) is 49.8. The second-order valence-electron chi connectivity index (χ2n) is 20.8. The van der Waals surface area contributed by atoms with Gasteiger partial charge in [0.25, 0.3) is 0 Å². The predicted molar refractivity (Wildman–Crippen MR) is 321 cm³/mol. The van der Waals surface area contributed by atoms with Crippen molar-refractivity contribution in [2.75, 3.05) is 146 Å². The van der Waals surface area contributed by atoms with E-state index in [9.17, 15) is 26.4 Å². The molecule has 80 heavy (non-hydrogen) atoms.